The van der Waals surface area contributed by atoms with Crippen molar-refractivity contribution < 1.29 is 0 Å². The first kappa shape index (κ1) is 13.2. The van der Waals surface area contributed by atoms with E-state index in [1.54, 1.807) is 0 Å². The summed E-state index contributed by atoms with van der Waals surface area (Å²) in [4.78, 5) is 0. The molecule has 0 aliphatic heterocycles. The van der Waals surface area contributed by atoms with Crippen molar-refractivity contribution in [3.8, 4) is 0 Å². The average Bonchev–Trinajstić information content (AvgIpc) is 2.65. The second-order valence-electron chi connectivity index (χ2n) is 5.22. The summed E-state index contributed by atoms with van der Waals surface area (Å²) in [7, 11) is 0. The van der Waals surface area contributed by atoms with Crippen LogP contribution >= 0.6 is 0 Å². The Balaban J connectivity index is 2.56. The van der Waals surface area contributed by atoms with Gasteiger partial charge in [-0.2, -0.15) is 0 Å². The maximum Gasteiger partial charge on any atom is 0.0513 e. The summed E-state index contributed by atoms with van der Waals surface area (Å²) in [6.45, 7) is 8.46. The van der Waals surface area contributed by atoms with Crippen LogP contribution in [0, 0.1) is 13.8 Å². The molecule has 1 heterocycles. The number of hydrogen-bond acceptors (Lipinski definition) is 1. The number of nitrogens with zero attached hydrogens (tertiary/aromatic N) is 1. The fourth-order valence-electron chi connectivity index (χ4n) is 2.77. The van der Waals surface area contributed by atoms with Crippen molar-refractivity contribution >= 4 is 10.9 Å². The molecule has 0 spiro atoms. The quantitative estimate of drug-likeness (QED) is 0.856. The van der Waals surface area contributed by atoms with Gasteiger partial charge in [-0.15, -0.1) is 0 Å². The molecule has 18 heavy (non-hydrogen) atoms. The van der Waals surface area contributed by atoms with Gasteiger partial charge in [-0.25, -0.2) is 0 Å². The van der Waals surface area contributed by atoms with Crippen LogP contribution in [0.1, 0.15) is 36.5 Å². The van der Waals surface area contributed by atoms with E-state index >= 15 is 0 Å². The van der Waals surface area contributed by atoms with Crippen molar-refractivity contribution in [1.29, 1.82) is 0 Å². The van der Waals surface area contributed by atoms with Crippen molar-refractivity contribution in [2.75, 3.05) is 6.54 Å². The Kier molecular flexibility index (Phi) is 4.07. The molecule has 0 bridgehead atoms. The van der Waals surface area contributed by atoms with E-state index in [1.165, 1.54) is 40.4 Å². The SMILES string of the molecule is CCCCn1cc(CCN)c2cc(C)cc(C)c21. The maximum absolute atomic E-state index is 5.73. The molecule has 0 fully saturated rings. The fraction of sp³-hybridized carbons (Fsp3) is 0.500. The van der Waals surface area contributed by atoms with E-state index in [-0.39, 0.29) is 0 Å². The Morgan fingerprint density at radius 1 is 1.22 bits per heavy atom. The highest BCUT2D eigenvalue weighted by molar-refractivity contribution is 5.87. The summed E-state index contributed by atoms with van der Waals surface area (Å²) in [6.07, 6.45) is 5.74. The normalized spacial score (nSPS) is 11.3. The zero-order valence-electron chi connectivity index (χ0n) is 11.8. The van der Waals surface area contributed by atoms with Gasteiger partial charge in [-0.1, -0.05) is 25.0 Å². The van der Waals surface area contributed by atoms with Crippen molar-refractivity contribution in [3.63, 3.8) is 0 Å². The van der Waals surface area contributed by atoms with E-state index in [0.29, 0.717) is 0 Å². The summed E-state index contributed by atoms with van der Waals surface area (Å²) in [5.74, 6) is 0. The number of aryl methyl sites for hydroxylation is 3. The number of rotatable bonds is 5. The molecule has 0 aliphatic rings. The molecule has 0 aliphatic carbocycles. The number of fused-ring (bicyclic) bond motifs is 1. The highest BCUT2D eigenvalue weighted by atomic mass is 15.0. The average molecular weight is 244 g/mol. The summed E-state index contributed by atoms with van der Waals surface area (Å²) < 4.78 is 2.42. The van der Waals surface area contributed by atoms with Gasteiger partial charge in [-0.05, 0) is 50.4 Å². The Bertz CT molecular complexity index is 538. The fourth-order valence-corrected chi connectivity index (χ4v) is 2.77. The lowest BCUT2D eigenvalue weighted by Gasteiger charge is -2.07. The van der Waals surface area contributed by atoms with Gasteiger partial charge in [0.15, 0.2) is 0 Å². The Labute approximate surface area is 110 Å². The number of unbranched alkanes of at least 4 members (excludes halogenated alkanes) is 1. The maximum atomic E-state index is 5.73. The third-order valence-electron chi connectivity index (χ3n) is 3.56. The van der Waals surface area contributed by atoms with Gasteiger partial charge < -0.3 is 10.3 Å². The van der Waals surface area contributed by atoms with Gasteiger partial charge in [-0.3, -0.25) is 0 Å². The van der Waals surface area contributed by atoms with Crippen LogP contribution in [0.3, 0.4) is 0 Å². The van der Waals surface area contributed by atoms with E-state index in [9.17, 15) is 0 Å². The van der Waals surface area contributed by atoms with Crippen LogP contribution in [0.15, 0.2) is 18.3 Å². The zero-order valence-corrected chi connectivity index (χ0v) is 11.8. The topological polar surface area (TPSA) is 30.9 Å². The monoisotopic (exact) mass is 244 g/mol. The molecular formula is C16H24N2. The lowest BCUT2D eigenvalue weighted by Crippen LogP contribution is -2.02. The van der Waals surface area contributed by atoms with Crippen molar-refractivity contribution in [2.45, 2.75) is 46.6 Å². The Morgan fingerprint density at radius 3 is 2.67 bits per heavy atom. The van der Waals surface area contributed by atoms with Crippen LogP contribution in [0.5, 0.6) is 0 Å². The van der Waals surface area contributed by atoms with Crippen molar-refractivity contribution in [3.05, 3.63) is 35.0 Å². The number of hydrogen-bond donors (Lipinski definition) is 1. The molecule has 98 valence electrons. The highest BCUT2D eigenvalue weighted by Gasteiger charge is 2.10. The molecule has 2 heteroatoms. The molecule has 0 atom stereocenters. The van der Waals surface area contributed by atoms with Crippen molar-refractivity contribution in [1.82, 2.24) is 4.57 Å². The molecule has 0 unspecified atom stereocenters. The predicted octanol–water partition coefficient (Wildman–Crippen LogP) is 3.56. The molecule has 2 N–H and O–H groups in total. The summed E-state index contributed by atoms with van der Waals surface area (Å²) in [5.41, 5.74) is 11.2. The molecule has 2 aromatic rings. The second-order valence-corrected chi connectivity index (χ2v) is 5.22. The lowest BCUT2D eigenvalue weighted by molar-refractivity contribution is 0.647. The Hall–Kier alpha value is -1.28. The standard InChI is InChI=1S/C16H24N2/c1-4-5-8-18-11-14(6-7-17)15-10-12(2)9-13(3)16(15)18/h9-11H,4-8,17H2,1-3H3. The van der Waals surface area contributed by atoms with Crippen LogP contribution in [0.25, 0.3) is 10.9 Å². The van der Waals surface area contributed by atoms with Gasteiger partial charge in [0.1, 0.15) is 0 Å². The Morgan fingerprint density at radius 2 is 2.00 bits per heavy atom. The van der Waals surface area contributed by atoms with Crippen LogP contribution in [-0.2, 0) is 13.0 Å². The van der Waals surface area contributed by atoms with Crippen LogP contribution < -0.4 is 5.73 Å². The second kappa shape index (κ2) is 5.57. The van der Waals surface area contributed by atoms with Crippen LogP contribution in [0.4, 0.5) is 0 Å². The molecular weight excluding hydrogens is 220 g/mol. The predicted molar refractivity (Wildman–Crippen MR) is 79.1 cm³/mol. The molecule has 1 aromatic carbocycles. The van der Waals surface area contributed by atoms with Crippen molar-refractivity contribution in [2.24, 2.45) is 5.73 Å². The smallest absolute Gasteiger partial charge is 0.0513 e. The molecule has 0 saturated carbocycles. The minimum atomic E-state index is 0.722. The molecule has 2 rings (SSSR count). The molecule has 0 saturated heterocycles. The van der Waals surface area contributed by atoms with Gasteiger partial charge in [0, 0.05) is 18.1 Å². The van der Waals surface area contributed by atoms with Crippen LogP contribution in [-0.4, -0.2) is 11.1 Å². The molecule has 2 nitrogen and oxygen atoms in total. The van der Waals surface area contributed by atoms with Gasteiger partial charge in [0.2, 0.25) is 0 Å². The first-order valence-electron chi connectivity index (χ1n) is 6.96. The lowest BCUT2D eigenvalue weighted by atomic mass is 10.0. The van der Waals surface area contributed by atoms with E-state index in [0.717, 1.165) is 19.5 Å². The molecule has 0 amide bonds. The number of benzene rings is 1. The third kappa shape index (κ3) is 2.44. The van der Waals surface area contributed by atoms with Crippen LogP contribution in [0.2, 0.25) is 0 Å². The summed E-state index contributed by atoms with van der Waals surface area (Å²) in [5, 5.41) is 1.40. The number of aromatic nitrogens is 1. The van der Waals surface area contributed by atoms with E-state index < -0.39 is 0 Å². The largest absolute Gasteiger partial charge is 0.347 e. The van der Waals surface area contributed by atoms with E-state index in [1.807, 2.05) is 0 Å². The first-order valence-corrected chi connectivity index (χ1v) is 6.96. The van der Waals surface area contributed by atoms with E-state index in [4.69, 9.17) is 5.73 Å². The van der Waals surface area contributed by atoms with Gasteiger partial charge in [0.05, 0.1) is 5.52 Å². The van der Waals surface area contributed by atoms with E-state index in [2.05, 4.69) is 43.7 Å². The highest BCUT2D eigenvalue weighted by Crippen LogP contribution is 2.27. The summed E-state index contributed by atoms with van der Waals surface area (Å²) in [6, 6.07) is 4.58. The molecule has 1 aromatic heterocycles. The minimum Gasteiger partial charge on any atom is -0.347 e. The summed E-state index contributed by atoms with van der Waals surface area (Å²) >= 11 is 0. The first-order chi connectivity index (χ1) is 8.67. The minimum absolute atomic E-state index is 0.722. The third-order valence-corrected chi connectivity index (χ3v) is 3.56. The van der Waals surface area contributed by atoms with Gasteiger partial charge in [0.25, 0.3) is 0 Å². The molecule has 0 radical (unpaired) electrons. The zero-order chi connectivity index (χ0) is 13.1. The number of nitrogens with two attached hydrogens (primary N) is 1. The van der Waals surface area contributed by atoms with Gasteiger partial charge >= 0.3 is 0 Å².